The summed E-state index contributed by atoms with van der Waals surface area (Å²) in [6.45, 7) is 2.66. The van der Waals surface area contributed by atoms with E-state index in [0.717, 1.165) is 12.8 Å². The standard InChI is InChI=1S/C19H22FN5O4/c1-12(26)25-5-3-4-16(11-25)29-17-7-13(20)6-14(8-17)23-18(27)24-15-9-21-19(28-2)22-10-15/h6-10,16H,3-5,11H2,1-2H3,(H2,23,24,27). The number of urea groups is 1. The molecular weight excluding hydrogens is 381 g/mol. The number of carbonyl (C=O) groups is 2. The van der Waals surface area contributed by atoms with Crippen molar-refractivity contribution < 1.29 is 23.5 Å². The van der Waals surface area contributed by atoms with Crippen molar-refractivity contribution in [2.24, 2.45) is 0 Å². The van der Waals surface area contributed by atoms with E-state index in [9.17, 15) is 14.0 Å². The second-order valence-corrected chi connectivity index (χ2v) is 6.56. The molecule has 3 amide bonds. The number of amides is 3. The smallest absolute Gasteiger partial charge is 0.323 e. The summed E-state index contributed by atoms with van der Waals surface area (Å²) in [7, 11) is 1.43. The van der Waals surface area contributed by atoms with E-state index in [2.05, 4.69) is 20.6 Å². The highest BCUT2D eigenvalue weighted by molar-refractivity contribution is 5.99. The summed E-state index contributed by atoms with van der Waals surface area (Å²) in [6, 6.07) is 3.54. The Balaban J connectivity index is 1.62. The molecule has 1 aliphatic heterocycles. The van der Waals surface area contributed by atoms with Gasteiger partial charge in [-0.15, -0.1) is 0 Å². The molecule has 29 heavy (non-hydrogen) atoms. The van der Waals surface area contributed by atoms with Crippen molar-refractivity contribution in [1.82, 2.24) is 14.9 Å². The van der Waals surface area contributed by atoms with Crippen LogP contribution in [0, 0.1) is 5.82 Å². The minimum absolute atomic E-state index is 0.0147. The highest BCUT2D eigenvalue weighted by Gasteiger charge is 2.23. The summed E-state index contributed by atoms with van der Waals surface area (Å²) in [5.41, 5.74) is 0.578. The number of rotatable bonds is 5. The Bertz CT molecular complexity index is 877. The van der Waals surface area contributed by atoms with E-state index in [1.807, 2.05) is 0 Å². The monoisotopic (exact) mass is 403 g/mol. The number of nitrogens with one attached hydrogen (secondary N) is 2. The van der Waals surface area contributed by atoms with Gasteiger partial charge in [-0.1, -0.05) is 0 Å². The Morgan fingerprint density at radius 2 is 1.90 bits per heavy atom. The molecule has 154 valence electrons. The highest BCUT2D eigenvalue weighted by Crippen LogP contribution is 2.24. The third-order valence-corrected chi connectivity index (χ3v) is 4.32. The van der Waals surface area contributed by atoms with Gasteiger partial charge in [-0.25, -0.2) is 19.2 Å². The van der Waals surface area contributed by atoms with Crippen molar-refractivity contribution in [3.05, 3.63) is 36.4 Å². The van der Waals surface area contributed by atoms with E-state index in [0.29, 0.717) is 18.8 Å². The molecular formula is C19H22FN5O4. The van der Waals surface area contributed by atoms with Crippen LogP contribution in [0.3, 0.4) is 0 Å². The fraction of sp³-hybridized carbons (Fsp3) is 0.368. The summed E-state index contributed by atoms with van der Waals surface area (Å²) < 4.78 is 24.7. The maximum absolute atomic E-state index is 14.0. The largest absolute Gasteiger partial charge is 0.488 e. The molecule has 2 aromatic rings. The van der Waals surface area contributed by atoms with Crippen molar-refractivity contribution in [2.45, 2.75) is 25.9 Å². The van der Waals surface area contributed by atoms with Gasteiger partial charge in [0.15, 0.2) is 0 Å². The summed E-state index contributed by atoms with van der Waals surface area (Å²) in [6.07, 6.45) is 4.12. The zero-order valence-corrected chi connectivity index (χ0v) is 16.1. The van der Waals surface area contributed by atoms with E-state index >= 15 is 0 Å². The number of aromatic nitrogens is 2. The molecule has 10 heteroatoms. The SMILES string of the molecule is COc1ncc(NC(=O)Nc2cc(F)cc(OC3CCCN(C(C)=O)C3)c2)cn1. The van der Waals surface area contributed by atoms with Gasteiger partial charge in [0, 0.05) is 31.3 Å². The Morgan fingerprint density at radius 3 is 2.59 bits per heavy atom. The van der Waals surface area contributed by atoms with E-state index < -0.39 is 11.8 Å². The number of anilines is 2. The zero-order chi connectivity index (χ0) is 20.8. The highest BCUT2D eigenvalue weighted by atomic mass is 19.1. The van der Waals surface area contributed by atoms with Crippen LogP contribution >= 0.6 is 0 Å². The van der Waals surface area contributed by atoms with Crippen LogP contribution in [0.4, 0.5) is 20.6 Å². The number of ether oxygens (including phenoxy) is 2. The molecule has 1 atom stereocenters. The number of hydrogen-bond donors (Lipinski definition) is 2. The first-order valence-corrected chi connectivity index (χ1v) is 9.10. The van der Waals surface area contributed by atoms with Gasteiger partial charge in [0.2, 0.25) is 5.91 Å². The lowest BCUT2D eigenvalue weighted by molar-refractivity contribution is -0.131. The predicted molar refractivity (Wildman–Crippen MR) is 104 cm³/mol. The second-order valence-electron chi connectivity index (χ2n) is 6.56. The zero-order valence-electron chi connectivity index (χ0n) is 16.1. The molecule has 0 saturated carbocycles. The van der Waals surface area contributed by atoms with Crippen molar-refractivity contribution in [1.29, 1.82) is 0 Å². The molecule has 2 N–H and O–H groups in total. The first kappa shape index (κ1) is 20.3. The number of methoxy groups -OCH3 is 1. The minimum atomic E-state index is -0.587. The molecule has 1 unspecified atom stereocenters. The van der Waals surface area contributed by atoms with Crippen LogP contribution in [0.15, 0.2) is 30.6 Å². The van der Waals surface area contributed by atoms with Crippen LogP contribution < -0.4 is 20.1 Å². The molecule has 1 fully saturated rings. The van der Waals surface area contributed by atoms with Crippen molar-refractivity contribution >= 4 is 23.3 Å². The Labute approximate surface area is 167 Å². The summed E-state index contributed by atoms with van der Waals surface area (Å²) in [4.78, 5) is 33.2. The molecule has 0 spiro atoms. The number of halogens is 1. The van der Waals surface area contributed by atoms with E-state index in [1.165, 1.54) is 44.6 Å². The van der Waals surface area contributed by atoms with Gasteiger partial charge in [-0.05, 0) is 18.9 Å². The first-order chi connectivity index (χ1) is 13.9. The van der Waals surface area contributed by atoms with Gasteiger partial charge in [-0.2, -0.15) is 0 Å². The minimum Gasteiger partial charge on any atom is -0.488 e. The number of piperidine rings is 1. The lowest BCUT2D eigenvalue weighted by Crippen LogP contribution is -2.43. The number of benzene rings is 1. The van der Waals surface area contributed by atoms with Crippen molar-refractivity contribution in [2.75, 3.05) is 30.8 Å². The van der Waals surface area contributed by atoms with Gasteiger partial charge in [0.05, 0.1) is 31.7 Å². The van der Waals surface area contributed by atoms with Gasteiger partial charge in [0.25, 0.3) is 0 Å². The molecule has 0 aliphatic carbocycles. The maximum Gasteiger partial charge on any atom is 0.323 e. The number of likely N-dealkylation sites (tertiary alicyclic amines) is 1. The third-order valence-electron chi connectivity index (χ3n) is 4.32. The fourth-order valence-electron chi connectivity index (χ4n) is 3.00. The Morgan fingerprint density at radius 1 is 1.17 bits per heavy atom. The molecule has 1 aromatic carbocycles. The average Bonchev–Trinajstić information content (AvgIpc) is 2.68. The van der Waals surface area contributed by atoms with E-state index in [4.69, 9.17) is 9.47 Å². The molecule has 9 nitrogen and oxygen atoms in total. The van der Waals surface area contributed by atoms with E-state index in [-0.39, 0.29) is 29.5 Å². The first-order valence-electron chi connectivity index (χ1n) is 9.10. The third kappa shape index (κ3) is 5.77. The molecule has 1 saturated heterocycles. The molecule has 0 bridgehead atoms. The second kappa shape index (κ2) is 9.18. The van der Waals surface area contributed by atoms with Crippen LogP contribution in [0.25, 0.3) is 0 Å². The van der Waals surface area contributed by atoms with Crippen LogP contribution in [0.5, 0.6) is 11.8 Å². The predicted octanol–water partition coefficient (Wildman–Crippen LogP) is 2.66. The van der Waals surface area contributed by atoms with E-state index in [1.54, 1.807) is 4.90 Å². The van der Waals surface area contributed by atoms with Gasteiger partial charge < -0.3 is 25.0 Å². The van der Waals surface area contributed by atoms with Crippen LogP contribution in [0.2, 0.25) is 0 Å². The normalized spacial score (nSPS) is 16.1. The lowest BCUT2D eigenvalue weighted by atomic mass is 10.1. The Hall–Kier alpha value is -3.43. The molecule has 1 aromatic heterocycles. The lowest BCUT2D eigenvalue weighted by Gasteiger charge is -2.32. The molecule has 3 rings (SSSR count). The number of hydrogen-bond acceptors (Lipinski definition) is 6. The fourth-order valence-corrected chi connectivity index (χ4v) is 3.00. The maximum atomic E-state index is 14.0. The van der Waals surface area contributed by atoms with Gasteiger partial charge in [0.1, 0.15) is 17.7 Å². The number of carbonyl (C=O) groups excluding carboxylic acids is 2. The molecule has 0 radical (unpaired) electrons. The van der Waals surface area contributed by atoms with Crippen LogP contribution in [-0.4, -0.2) is 53.1 Å². The van der Waals surface area contributed by atoms with Crippen LogP contribution in [0.1, 0.15) is 19.8 Å². The topological polar surface area (TPSA) is 106 Å². The Kier molecular flexibility index (Phi) is 6.43. The number of nitrogens with zero attached hydrogens (tertiary/aromatic N) is 3. The average molecular weight is 403 g/mol. The van der Waals surface area contributed by atoms with Gasteiger partial charge in [-0.3, -0.25) is 4.79 Å². The summed E-state index contributed by atoms with van der Waals surface area (Å²) in [5, 5.41) is 5.09. The van der Waals surface area contributed by atoms with Crippen LogP contribution in [-0.2, 0) is 4.79 Å². The summed E-state index contributed by atoms with van der Waals surface area (Å²) >= 11 is 0. The quantitative estimate of drug-likeness (QED) is 0.795. The molecule has 2 heterocycles. The summed E-state index contributed by atoms with van der Waals surface area (Å²) in [5.74, 6) is -0.285. The molecule has 1 aliphatic rings. The van der Waals surface area contributed by atoms with Crippen molar-refractivity contribution in [3.8, 4) is 11.8 Å². The van der Waals surface area contributed by atoms with Gasteiger partial charge >= 0.3 is 12.0 Å². The van der Waals surface area contributed by atoms with Crippen molar-refractivity contribution in [3.63, 3.8) is 0 Å².